The minimum Gasteiger partial charge on any atom is -0.321 e. The maximum Gasteiger partial charge on any atom is 0.261 e. The largest absolute Gasteiger partial charge is 0.321 e. The van der Waals surface area contributed by atoms with E-state index in [9.17, 15) is 4.79 Å². The van der Waals surface area contributed by atoms with Gasteiger partial charge in [0.05, 0.1) is 24.2 Å². The first-order valence-electron chi connectivity index (χ1n) is 3.19. The van der Waals surface area contributed by atoms with Gasteiger partial charge in [0, 0.05) is 0 Å². The third kappa shape index (κ3) is 1.59. The molecule has 0 amide bonds. The van der Waals surface area contributed by atoms with Crippen LogP contribution in [0.1, 0.15) is 11.2 Å². The summed E-state index contributed by atoms with van der Waals surface area (Å²) in [6.45, 7) is 0. The molecule has 1 aromatic rings. The Labute approximate surface area is 68.5 Å². The first kappa shape index (κ1) is 8.23. The van der Waals surface area contributed by atoms with Crippen LogP contribution in [0, 0.1) is 11.3 Å². The van der Waals surface area contributed by atoms with Gasteiger partial charge in [-0.1, -0.05) is 0 Å². The second kappa shape index (κ2) is 3.50. The standard InChI is InChI=1S/C6H7N5O/c7-2-1-6(12)11-4-5(10-8)3-9-11/h3-4,10H,1,8H2. The normalized spacial score (nSPS) is 9.00. The molecule has 6 heteroatoms. The summed E-state index contributed by atoms with van der Waals surface area (Å²) in [5.41, 5.74) is 2.85. The van der Waals surface area contributed by atoms with E-state index in [1.807, 2.05) is 0 Å². The molecule has 6 nitrogen and oxygen atoms in total. The lowest BCUT2D eigenvalue weighted by molar-refractivity contribution is 0.0904. The molecule has 0 saturated carbocycles. The molecule has 3 N–H and O–H groups in total. The Morgan fingerprint density at radius 2 is 2.67 bits per heavy atom. The average molecular weight is 165 g/mol. The molecular formula is C6H7N5O. The number of rotatable bonds is 2. The highest BCUT2D eigenvalue weighted by Crippen LogP contribution is 2.01. The number of nitrogens with zero attached hydrogens (tertiary/aromatic N) is 3. The average Bonchev–Trinajstić information content (AvgIpc) is 2.52. The van der Waals surface area contributed by atoms with Crippen LogP contribution in [0.25, 0.3) is 0 Å². The molecule has 0 aliphatic rings. The molecule has 0 aliphatic heterocycles. The van der Waals surface area contributed by atoms with Crippen molar-refractivity contribution in [2.24, 2.45) is 5.84 Å². The highest BCUT2D eigenvalue weighted by atomic mass is 16.2. The molecule has 0 atom stereocenters. The molecule has 0 aromatic carbocycles. The van der Waals surface area contributed by atoms with Crippen molar-refractivity contribution in [3.63, 3.8) is 0 Å². The second-order valence-corrected chi connectivity index (χ2v) is 2.05. The van der Waals surface area contributed by atoms with Crippen molar-refractivity contribution in [1.29, 1.82) is 5.26 Å². The molecule has 0 saturated heterocycles. The van der Waals surface area contributed by atoms with Gasteiger partial charge < -0.3 is 5.43 Å². The Morgan fingerprint density at radius 3 is 3.17 bits per heavy atom. The maximum absolute atomic E-state index is 11.0. The predicted octanol–water partition coefficient (Wildman–Crippen LogP) is -0.277. The molecule has 1 heterocycles. The van der Waals surface area contributed by atoms with Crippen LogP contribution < -0.4 is 11.3 Å². The fourth-order valence-corrected chi connectivity index (χ4v) is 0.682. The van der Waals surface area contributed by atoms with Crippen molar-refractivity contribution in [3.8, 4) is 6.07 Å². The van der Waals surface area contributed by atoms with Crippen LogP contribution in [0.4, 0.5) is 5.69 Å². The highest BCUT2D eigenvalue weighted by molar-refractivity contribution is 5.80. The summed E-state index contributed by atoms with van der Waals surface area (Å²) in [6, 6.07) is 1.73. The minimum atomic E-state index is -0.376. The lowest BCUT2D eigenvalue weighted by Gasteiger charge is -1.92. The summed E-state index contributed by atoms with van der Waals surface area (Å²) in [5.74, 6) is 4.68. The maximum atomic E-state index is 11.0. The van der Waals surface area contributed by atoms with Crippen LogP contribution >= 0.6 is 0 Å². The summed E-state index contributed by atoms with van der Waals surface area (Å²) in [7, 11) is 0. The van der Waals surface area contributed by atoms with Gasteiger partial charge in [-0.15, -0.1) is 0 Å². The van der Waals surface area contributed by atoms with Crippen molar-refractivity contribution in [1.82, 2.24) is 9.78 Å². The number of nitriles is 1. The van der Waals surface area contributed by atoms with Gasteiger partial charge in [0.2, 0.25) is 0 Å². The molecular weight excluding hydrogens is 158 g/mol. The monoisotopic (exact) mass is 165 g/mol. The van der Waals surface area contributed by atoms with E-state index in [4.69, 9.17) is 11.1 Å². The fraction of sp³-hybridized carbons (Fsp3) is 0.167. The van der Waals surface area contributed by atoms with Gasteiger partial charge in [-0.05, 0) is 0 Å². The number of carbonyl (C=O) groups is 1. The number of carbonyl (C=O) groups excluding carboxylic acids is 1. The number of hydrazine groups is 1. The van der Waals surface area contributed by atoms with E-state index >= 15 is 0 Å². The minimum absolute atomic E-state index is 0.189. The van der Waals surface area contributed by atoms with E-state index in [1.54, 1.807) is 6.07 Å². The van der Waals surface area contributed by atoms with E-state index in [0.29, 0.717) is 5.69 Å². The summed E-state index contributed by atoms with van der Waals surface area (Å²) in [4.78, 5) is 11.0. The van der Waals surface area contributed by atoms with Crippen LogP contribution in [0.3, 0.4) is 0 Å². The lowest BCUT2D eigenvalue weighted by Crippen LogP contribution is -2.10. The van der Waals surface area contributed by atoms with Crippen LogP contribution in [0.15, 0.2) is 12.4 Å². The van der Waals surface area contributed by atoms with E-state index < -0.39 is 0 Å². The smallest absolute Gasteiger partial charge is 0.261 e. The number of nitrogens with two attached hydrogens (primary N) is 1. The van der Waals surface area contributed by atoms with Crippen molar-refractivity contribution in [2.45, 2.75) is 6.42 Å². The molecule has 0 radical (unpaired) electrons. The summed E-state index contributed by atoms with van der Waals surface area (Å²) < 4.78 is 1.07. The number of nitrogens with one attached hydrogen (secondary N) is 1. The van der Waals surface area contributed by atoms with Gasteiger partial charge in [0.25, 0.3) is 5.91 Å². The number of anilines is 1. The van der Waals surface area contributed by atoms with Gasteiger partial charge in [0.1, 0.15) is 6.42 Å². The van der Waals surface area contributed by atoms with Gasteiger partial charge in [-0.25, -0.2) is 4.68 Å². The zero-order valence-electron chi connectivity index (χ0n) is 6.19. The van der Waals surface area contributed by atoms with E-state index in [-0.39, 0.29) is 12.3 Å². The molecule has 0 aliphatic carbocycles. The van der Waals surface area contributed by atoms with Crippen LogP contribution in [-0.2, 0) is 0 Å². The van der Waals surface area contributed by atoms with Gasteiger partial charge in [-0.3, -0.25) is 10.6 Å². The van der Waals surface area contributed by atoms with Gasteiger partial charge in [0.15, 0.2) is 0 Å². The number of nitrogen functional groups attached to an aromatic ring is 1. The Bertz CT molecular complexity index is 323. The quantitative estimate of drug-likeness (QED) is 0.464. The topological polar surface area (TPSA) is 96.7 Å². The van der Waals surface area contributed by atoms with Crippen LogP contribution in [-0.4, -0.2) is 15.7 Å². The van der Waals surface area contributed by atoms with Crippen molar-refractivity contribution >= 4 is 11.6 Å². The second-order valence-electron chi connectivity index (χ2n) is 2.05. The SMILES string of the molecule is N#CCC(=O)n1cc(NN)cn1. The summed E-state index contributed by atoms with van der Waals surface area (Å²) in [6.07, 6.45) is 2.63. The Kier molecular flexibility index (Phi) is 2.40. The van der Waals surface area contributed by atoms with Crippen molar-refractivity contribution in [3.05, 3.63) is 12.4 Å². The molecule has 0 spiro atoms. The first-order valence-corrected chi connectivity index (χ1v) is 3.19. The lowest BCUT2D eigenvalue weighted by atomic mass is 10.4. The fourth-order valence-electron chi connectivity index (χ4n) is 0.682. The molecule has 62 valence electrons. The molecule has 1 aromatic heterocycles. The highest BCUT2D eigenvalue weighted by Gasteiger charge is 2.04. The third-order valence-corrected chi connectivity index (χ3v) is 1.24. The third-order valence-electron chi connectivity index (χ3n) is 1.24. The predicted molar refractivity (Wildman–Crippen MR) is 40.9 cm³/mol. The zero-order chi connectivity index (χ0) is 8.97. The Balaban J connectivity index is 2.76. The number of aromatic nitrogens is 2. The van der Waals surface area contributed by atoms with Gasteiger partial charge >= 0.3 is 0 Å². The van der Waals surface area contributed by atoms with Crippen molar-refractivity contribution < 1.29 is 4.79 Å². The zero-order valence-corrected chi connectivity index (χ0v) is 6.19. The first-order chi connectivity index (χ1) is 5.77. The molecule has 12 heavy (non-hydrogen) atoms. The summed E-state index contributed by atoms with van der Waals surface area (Å²) in [5, 5.41) is 11.9. The Morgan fingerprint density at radius 1 is 1.92 bits per heavy atom. The van der Waals surface area contributed by atoms with Crippen LogP contribution in [0.2, 0.25) is 0 Å². The molecule has 0 bridgehead atoms. The molecule has 1 rings (SSSR count). The van der Waals surface area contributed by atoms with E-state index in [1.165, 1.54) is 12.4 Å². The molecule has 0 fully saturated rings. The number of hydrogen-bond acceptors (Lipinski definition) is 5. The molecule has 0 unspecified atom stereocenters. The number of hydrogen-bond donors (Lipinski definition) is 2. The summed E-state index contributed by atoms with van der Waals surface area (Å²) >= 11 is 0. The van der Waals surface area contributed by atoms with Crippen molar-refractivity contribution in [2.75, 3.05) is 5.43 Å². The van der Waals surface area contributed by atoms with E-state index in [0.717, 1.165) is 4.68 Å². The Hall–Kier alpha value is -1.87. The van der Waals surface area contributed by atoms with Crippen LogP contribution in [0.5, 0.6) is 0 Å². The van der Waals surface area contributed by atoms with Gasteiger partial charge in [-0.2, -0.15) is 10.4 Å². The van der Waals surface area contributed by atoms with E-state index in [2.05, 4.69) is 10.5 Å².